The minimum atomic E-state index is -3.14. The second kappa shape index (κ2) is 9.47. The molecule has 2 saturated heterocycles. The third-order valence-corrected chi connectivity index (χ3v) is 5.04. The Hall–Kier alpha value is -2.60. The molecule has 2 N–H and O–H groups in total. The number of nitrogens with zero attached hydrogens (tertiary/aromatic N) is 3. The van der Waals surface area contributed by atoms with Crippen LogP contribution in [0.1, 0.15) is 6.92 Å². The van der Waals surface area contributed by atoms with Gasteiger partial charge in [0.25, 0.3) is 5.91 Å². The van der Waals surface area contributed by atoms with Crippen molar-refractivity contribution in [3.05, 3.63) is 24.0 Å². The highest BCUT2D eigenvalue weighted by Gasteiger charge is 2.33. The van der Waals surface area contributed by atoms with Crippen LogP contribution in [0.5, 0.6) is 0 Å². The number of hydrogen-bond donors (Lipinski definition) is 2. The maximum Gasteiger partial charge on any atom is 0.414 e. The standard InChI is InChI=1S/C18H22F3N5O3S/c1-11(30)26-7-6-24(5-4-23-26)15-3-2-12(8-14(15)19)25-10-13(29-18(25)28)9-22-17(27)16(20)21/h2-3,8,13,16,23H,4-7,9-10H2,1H3,(H,22,27)/t13-/m0/s1. The maximum absolute atomic E-state index is 14.8. The highest BCUT2D eigenvalue weighted by Crippen LogP contribution is 2.28. The third-order valence-electron chi connectivity index (χ3n) is 4.82. The minimum absolute atomic E-state index is 0.0116. The second-order valence-corrected chi connectivity index (χ2v) is 7.45. The van der Waals surface area contributed by atoms with Crippen molar-refractivity contribution in [3.63, 3.8) is 0 Å². The van der Waals surface area contributed by atoms with Crippen molar-refractivity contribution >= 4 is 40.6 Å². The number of carbonyl (C=O) groups is 2. The fraction of sp³-hybridized carbons (Fsp3) is 0.500. The Kier molecular flexibility index (Phi) is 6.98. The fourth-order valence-electron chi connectivity index (χ4n) is 3.29. The normalized spacial score (nSPS) is 19.7. The summed E-state index contributed by atoms with van der Waals surface area (Å²) in [5, 5.41) is 3.85. The van der Waals surface area contributed by atoms with Gasteiger partial charge in [0, 0.05) is 19.6 Å². The van der Waals surface area contributed by atoms with E-state index in [2.05, 4.69) is 5.43 Å². The Labute approximate surface area is 176 Å². The van der Waals surface area contributed by atoms with E-state index in [1.807, 2.05) is 22.1 Å². The molecular weight excluding hydrogens is 423 g/mol. The van der Waals surface area contributed by atoms with Gasteiger partial charge < -0.3 is 20.0 Å². The Morgan fingerprint density at radius 3 is 2.80 bits per heavy atom. The summed E-state index contributed by atoms with van der Waals surface area (Å²) in [6.07, 6.45) is -4.68. The molecular formula is C18H22F3N5O3S. The van der Waals surface area contributed by atoms with Gasteiger partial charge in [-0.3, -0.25) is 9.69 Å². The van der Waals surface area contributed by atoms with Crippen LogP contribution in [-0.2, 0) is 9.53 Å². The topological polar surface area (TPSA) is 77.2 Å². The number of anilines is 2. The van der Waals surface area contributed by atoms with E-state index in [9.17, 15) is 22.8 Å². The van der Waals surface area contributed by atoms with Gasteiger partial charge in [0.15, 0.2) is 0 Å². The maximum atomic E-state index is 14.8. The third kappa shape index (κ3) is 5.11. The van der Waals surface area contributed by atoms with E-state index in [-0.39, 0.29) is 18.8 Å². The molecule has 0 radical (unpaired) electrons. The Balaban J connectivity index is 1.64. The molecule has 1 aromatic rings. The quantitative estimate of drug-likeness (QED) is 0.666. The summed E-state index contributed by atoms with van der Waals surface area (Å²) in [5.41, 5.74) is 3.86. The molecule has 0 saturated carbocycles. The Morgan fingerprint density at radius 1 is 1.37 bits per heavy atom. The SMILES string of the molecule is CC(=S)N1CCN(c2ccc(N3C[C@H](CNC(=O)C(F)F)OC3=O)cc2F)CCN1. The van der Waals surface area contributed by atoms with Gasteiger partial charge in [-0.1, -0.05) is 12.2 Å². The number of ether oxygens (including phenoxy) is 1. The number of halogens is 3. The van der Waals surface area contributed by atoms with Gasteiger partial charge >= 0.3 is 12.5 Å². The number of cyclic esters (lactones) is 1. The molecule has 164 valence electrons. The van der Waals surface area contributed by atoms with Crippen LogP contribution in [0.3, 0.4) is 0 Å². The summed E-state index contributed by atoms with van der Waals surface area (Å²) in [6.45, 7) is 3.91. The van der Waals surface area contributed by atoms with Crippen LogP contribution in [0.2, 0.25) is 0 Å². The lowest BCUT2D eigenvalue weighted by Gasteiger charge is -2.24. The number of benzene rings is 1. The van der Waals surface area contributed by atoms with Gasteiger partial charge in [0.05, 0.1) is 36.0 Å². The van der Waals surface area contributed by atoms with E-state index in [1.165, 1.54) is 11.0 Å². The predicted octanol–water partition coefficient (Wildman–Crippen LogP) is 1.51. The van der Waals surface area contributed by atoms with Gasteiger partial charge in [-0.25, -0.2) is 14.6 Å². The number of hydrogen-bond acceptors (Lipinski definition) is 6. The van der Waals surface area contributed by atoms with Crippen LogP contribution < -0.4 is 20.5 Å². The summed E-state index contributed by atoms with van der Waals surface area (Å²) < 4.78 is 44.4. The number of thiocarbonyl (C=S) groups is 1. The van der Waals surface area contributed by atoms with Gasteiger partial charge in [-0.05, 0) is 25.1 Å². The molecule has 1 atom stereocenters. The number of nitrogens with one attached hydrogen (secondary N) is 2. The molecule has 0 bridgehead atoms. The Bertz CT molecular complexity index is 828. The molecule has 0 unspecified atom stereocenters. The predicted molar refractivity (Wildman–Crippen MR) is 108 cm³/mol. The van der Waals surface area contributed by atoms with Crippen LogP contribution in [0.25, 0.3) is 0 Å². The highest BCUT2D eigenvalue weighted by molar-refractivity contribution is 7.80. The largest absolute Gasteiger partial charge is 0.442 e. The molecule has 8 nitrogen and oxygen atoms in total. The zero-order chi connectivity index (χ0) is 21.8. The van der Waals surface area contributed by atoms with E-state index >= 15 is 0 Å². The molecule has 2 amide bonds. The van der Waals surface area contributed by atoms with Crippen molar-refractivity contribution in [1.29, 1.82) is 0 Å². The van der Waals surface area contributed by atoms with Crippen LogP contribution in [-0.4, -0.2) is 73.8 Å². The van der Waals surface area contributed by atoms with Gasteiger partial charge in [0.2, 0.25) is 0 Å². The molecule has 2 fully saturated rings. The van der Waals surface area contributed by atoms with Crippen molar-refractivity contribution in [2.45, 2.75) is 19.5 Å². The number of alkyl halides is 2. The van der Waals surface area contributed by atoms with Crippen LogP contribution >= 0.6 is 12.2 Å². The molecule has 2 heterocycles. The molecule has 3 rings (SSSR count). The van der Waals surface area contributed by atoms with Gasteiger partial charge in [-0.2, -0.15) is 8.78 Å². The number of carbonyl (C=O) groups excluding carboxylic acids is 2. The summed E-state index contributed by atoms with van der Waals surface area (Å²) in [6, 6.07) is 4.42. The molecule has 30 heavy (non-hydrogen) atoms. The van der Waals surface area contributed by atoms with Crippen LogP contribution in [0.4, 0.5) is 29.3 Å². The minimum Gasteiger partial charge on any atom is -0.442 e. The van der Waals surface area contributed by atoms with Gasteiger partial charge in [-0.15, -0.1) is 0 Å². The molecule has 0 spiro atoms. The second-order valence-electron chi connectivity index (χ2n) is 6.86. The highest BCUT2D eigenvalue weighted by atomic mass is 32.1. The zero-order valence-corrected chi connectivity index (χ0v) is 17.1. The van der Waals surface area contributed by atoms with Crippen molar-refractivity contribution in [2.24, 2.45) is 0 Å². The number of amides is 2. The van der Waals surface area contributed by atoms with E-state index < -0.39 is 30.3 Å². The van der Waals surface area contributed by atoms with Gasteiger partial charge in [0.1, 0.15) is 11.9 Å². The first-order chi connectivity index (χ1) is 14.3. The zero-order valence-electron chi connectivity index (χ0n) is 16.2. The van der Waals surface area contributed by atoms with E-state index in [4.69, 9.17) is 17.0 Å². The summed E-state index contributed by atoms with van der Waals surface area (Å²) in [7, 11) is 0. The van der Waals surface area contributed by atoms with Crippen molar-refractivity contribution < 1.29 is 27.5 Å². The molecule has 1 aromatic carbocycles. The lowest BCUT2D eigenvalue weighted by molar-refractivity contribution is -0.132. The monoisotopic (exact) mass is 445 g/mol. The summed E-state index contributed by atoms with van der Waals surface area (Å²) >= 11 is 5.16. The van der Waals surface area contributed by atoms with Crippen molar-refractivity contribution in [1.82, 2.24) is 15.8 Å². The number of rotatable bonds is 5. The van der Waals surface area contributed by atoms with E-state index in [1.54, 1.807) is 12.1 Å². The molecule has 0 aromatic heterocycles. The first-order valence-corrected chi connectivity index (χ1v) is 9.77. The van der Waals surface area contributed by atoms with Crippen LogP contribution in [0, 0.1) is 5.82 Å². The average Bonchev–Trinajstić information content (AvgIpc) is 2.90. The van der Waals surface area contributed by atoms with Crippen LogP contribution in [0.15, 0.2) is 18.2 Å². The smallest absolute Gasteiger partial charge is 0.414 e. The summed E-state index contributed by atoms with van der Waals surface area (Å²) in [5.74, 6) is -1.93. The Morgan fingerprint density at radius 2 is 2.13 bits per heavy atom. The summed E-state index contributed by atoms with van der Waals surface area (Å²) in [4.78, 5) is 26.8. The first-order valence-electron chi connectivity index (χ1n) is 9.36. The lowest BCUT2D eigenvalue weighted by atomic mass is 10.2. The molecule has 0 aliphatic carbocycles. The number of hydrazine groups is 1. The molecule has 2 aliphatic rings. The fourth-order valence-corrected chi connectivity index (χ4v) is 3.45. The first kappa shape index (κ1) is 22.1. The average molecular weight is 445 g/mol. The van der Waals surface area contributed by atoms with E-state index in [0.29, 0.717) is 36.9 Å². The van der Waals surface area contributed by atoms with E-state index in [0.717, 1.165) is 0 Å². The molecule has 2 aliphatic heterocycles. The van der Waals surface area contributed by atoms with Crippen molar-refractivity contribution in [3.8, 4) is 0 Å². The molecule has 12 heteroatoms. The lowest BCUT2D eigenvalue weighted by Crippen LogP contribution is -2.41. The van der Waals surface area contributed by atoms with Crippen molar-refractivity contribution in [2.75, 3.05) is 49.1 Å².